The summed E-state index contributed by atoms with van der Waals surface area (Å²) in [4.78, 5) is 43.5. The third-order valence-corrected chi connectivity index (χ3v) is 5.53. The van der Waals surface area contributed by atoms with Gasteiger partial charge in [-0.25, -0.2) is 4.98 Å². The van der Waals surface area contributed by atoms with Crippen molar-refractivity contribution in [2.45, 2.75) is 27.3 Å². The molecule has 1 N–H and O–H groups in total. The van der Waals surface area contributed by atoms with E-state index in [1.165, 1.54) is 6.20 Å². The lowest BCUT2D eigenvalue weighted by Gasteiger charge is -2.14. The summed E-state index contributed by atoms with van der Waals surface area (Å²) >= 11 is 0. The van der Waals surface area contributed by atoms with Gasteiger partial charge in [0.05, 0.1) is 10.9 Å². The summed E-state index contributed by atoms with van der Waals surface area (Å²) in [6, 6.07) is 17.7. The van der Waals surface area contributed by atoms with Crippen molar-refractivity contribution in [1.29, 1.82) is 0 Å². The van der Waals surface area contributed by atoms with Crippen LogP contribution in [0.1, 0.15) is 32.7 Å². The van der Waals surface area contributed by atoms with E-state index < -0.39 is 5.43 Å². The van der Waals surface area contributed by atoms with Crippen molar-refractivity contribution < 1.29 is 9.59 Å². The van der Waals surface area contributed by atoms with Gasteiger partial charge in [-0.2, -0.15) is 0 Å². The van der Waals surface area contributed by atoms with Crippen molar-refractivity contribution in [2.75, 3.05) is 5.32 Å². The Labute approximate surface area is 185 Å². The van der Waals surface area contributed by atoms with Gasteiger partial charge in [-0.3, -0.25) is 14.4 Å². The molecule has 6 nitrogen and oxygen atoms in total. The predicted octanol–water partition coefficient (Wildman–Crippen LogP) is 4.19. The number of benzene rings is 2. The van der Waals surface area contributed by atoms with Gasteiger partial charge in [0.2, 0.25) is 11.3 Å². The van der Waals surface area contributed by atoms with E-state index in [0.29, 0.717) is 22.3 Å². The Hall–Kier alpha value is -4.06. The standard InChI is InChI=1S/C26H23N3O3/c1-16-8-7-11-22(18(16)3)28-23(30)15-29-14-21(24(31)19-9-5-4-6-10-19)25(32)20-13-12-17(2)27-26(20)29/h4-14H,15H2,1-3H3,(H,28,30). The fourth-order valence-electron chi connectivity index (χ4n) is 3.62. The maximum Gasteiger partial charge on any atom is 0.244 e. The summed E-state index contributed by atoms with van der Waals surface area (Å²) in [7, 11) is 0. The number of aromatic nitrogens is 2. The Bertz CT molecular complexity index is 1410. The SMILES string of the molecule is Cc1ccc2c(=O)c(C(=O)c3ccccc3)cn(CC(=O)Nc3cccc(C)c3C)c2n1. The number of fused-ring (bicyclic) bond motifs is 1. The van der Waals surface area contributed by atoms with Gasteiger partial charge in [0.25, 0.3) is 0 Å². The molecule has 4 rings (SSSR count). The lowest BCUT2D eigenvalue weighted by Crippen LogP contribution is -2.25. The van der Waals surface area contributed by atoms with Crippen molar-refractivity contribution in [2.24, 2.45) is 0 Å². The second-order valence-corrected chi connectivity index (χ2v) is 7.81. The second-order valence-electron chi connectivity index (χ2n) is 7.81. The average molecular weight is 425 g/mol. The highest BCUT2D eigenvalue weighted by Gasteiger charge is 2.19. The molecule has 0 saturated carbocycles. The normalized spacial score (nSPS) is 10.8. The van der Waals surface area contributed by atoms with E-state index >= 15 is 0 Å². The molecule has 0 fully saturated rings. The first kappa shape index (κ1) is 21.2. The van der Waals surface area contributed by atoms with Crippen LogP contribution in [-0.2, 0) is 11.3 Å². The van der Waals surface area contributed by atoms with Gasteiger partial charge in [-0.15, -0.1) is 0 Å². The van der Waals surface area contributed by atoms with Crippen LogP contribution < -0.4 is 10.7 Å². The van der Waals surface area contributed by atoms with E-state index in [0.717, 1.165) is 16.8 Å². The highest BCUT2D eigenvalue weighted by atomic mass is 16.2. The van der Waals surface area contributed by atoms with Crippen LogP contribution >= 0.6 is 0 Å². The Balaban J connectivity index is 1.77. The largest absolute Gasteiger partial charge is 0.324 e. The number of ketones is 1. The summed E-state index contributed by atoms with van der Waals surface area (Å²) < 4.78 is 1.57. The molecular weight excluding hydrogens is 402 g/mol. The topological polar surface area (TPSA) is 81.1 Å². The van der Waals surface area contributed by atoms with E-state index in [9.17, 15) is 14.4 Å². The number of aryl methyl sites for hydroxylation is 2. The molecule has 0 bridgehead atoms. The number of pyridine rings is 2. The van der Waals surface area contributed by atoms with Gasteiger partial charge in [0.1, 0.15) is 12.2 Å². The van der Waals surface area contributed by atoms with E-state index in [1.54, 1.807) is 47.0 Å². The number of carbonyl (C=O) groups is 2. The molecule has 2 heterocycles. The molecular formula is C26H23N3O3. The van der Waals surface area contributed by atoms with Gasteiger partial charge in [-0.1, -0.05) is 42.5 Å². The average Bonchev–Trinajstić information content (AvgIpc) is 2.79. The van der Waals surface area contributed by atoms with E-state index in [4.69, 9.17) is 0 Å². The number of hydrogen-bond acceptors (Lipinski definition) is 4. The molecule has 0 saturated heterocycles. The minimum absolute atomic E-state index is 0.00823. The predicted molar refractivity (Wildman–Crippen MR) is 125 cm³/mol. The molecule has 160 valence electrons. The molecule has 4 aromatic rings. The van der Waals surface area contributed by atoms with Crippen LogP contribution in [-0.4, -0.2) is 21.2 Å². The number of nitrogens with zero attached hydrogens (tertiary/aromatic N) is 2. The van der Waals surface area contributed by atoms with Crippen LogP contribution in [0.3, 0.4) is 0 Å². The van der Waals surface area contributed by atoms with Gasteiger partial charge in [-0.05, 0) is 50.1 Å². The van der Waals surface area contributed by atoms with Crippen molar-refractivity contribution in [3.63, 3.8) is 0 Å². The van der Waals surface area contributed by atoms with Crippen LogP contribution in [0.5, 0.6) is 0 Å². The summed E-state index contributed by atoms with van der Waals surface area (Å²) in [5, 5.41) is 3.23. The molecule has 0 aliphatic carbocycles. The first-order chi connectivity index (χ1) is 15.3. The van der Waals surface area contributed by atoms with Crippen molar-refractivity contribution in [3.05, 3.63) is 105 Å². The summed E-state index contributed by atoms with van der Waals surface area (Å²) in [5.74, 6) is -0.660. The number of carbonyl (C=O) groups excluding carboxylic acids is 2. The first-order valence-corrected chi connectivity index (χ1v) is 10.3. The maximum atomic E-state index is 13.1. The highest BCUT2D eigenvalue weighted by Crippen LogP contribution is 2.19. The van der Waals surface area contributed by atoms with Crippen LogP contribution in [0.4, 0.5) is 5.69 Å². The number of anilines is 1. The fourth-order valence-corrected chi connectivity index (χ4v) is 3.62. The molecule has 2 aromatic heterocycles. The number of hydrogen-bond donors (Lipinski definition) is 1. The maximum absolute atomic E-state index is 13.1. The fraction of sp³-hybridized carbons (Fsp3) is 0.154. The summed E-state index contributed by atoms with van der Waals surface area (Å²) in [6.07, 6.45) is 1.44. The Kier molecular flexibility index (Phi) is 5.69. The van der Waals surface area contributed by atoms with Crippen LogP contribution in [0.25, 0.3) is 11.0 Å². The zero-order chi connectivity index (χ0) is 22.8. The number of amides is 1. The quantitative estimate of drug-likeness (QED) is 0.486. The Morgan fingerprint density at radius 2 is 1.69 bits per heavy atom. The van der Waals surface area contributed by atoms with Crippen molar-refractivity contribution in [3.8, 4) is 0 Å². The Morgan fingerprint density at radius 3 is 2.44 bits per heavy atom. The lowest BCUT2D eigenvalue weighted by molar-refractivity contribution is -0.116. The summed E-state index contributed by atoms with van der Waals surface area (Å²) in [6.45, 7) is 5.65. The molecule has 0 unspecified atom stereocenters. The smallest absolute Gasteiger partial charge is 0.244 e. The molecule has 0 aliphatic rings. The van der Waals surface area contributed by atoms with E-state index in [-0.39, 0.29) is 23.8 Å². The van der Waals surface area contributed by atoms with E-state index in [2.05, 4.69) is 10.3 Å². The minimum Gasteiger partial charge on any atom is -0.324 e. The zero-order valence-corrected chi connectivity index (χ0v) is 18.2. The lowest BCUT2D eigenvalue weighted by atomic mass is 10.0. The molecule has 0 atom stereocenters. The summed E-state index contributed by atoms with van der Waals surface area (Å²) in [5.41, 5.74) is 3.89. The molecule has 0 radical (unpaired) electrons. The third-order valence-electron chi connectivity index (χ3n) is 5.53. The first-order valence-electron chi connectivity index (χ1n) is 10.3. The molecule has 32 heavy (non-hydrogen) atoms. The van der Waals surface area contributed by atoms with Crippen LogP contribution in [0.15, 0.2) is 71.7 Å². The molecule has 0 aliphatic heterocycles. The second kappa shape index (κ2) is 8.59. The highest BCUT2D eigenvalue weighted by molar-refractivity contribution is 6.10. The van der Waals surface area contributed by atoms with Crippen LogP contribution in [0, 0.1) is 20.8 Å². The van der Waals surface area contributed by atoms with Crippen LogP contribution in [0.2, 0.25) is 0 Å². The third kappa shape index (κ3) is 4.07. The number of nitrogens with one attached hydrogen (secondary N) is 1. The number of rotatable bonds is 5. The molecule has 6 heteroatoms. The van der Waals surface area contributed by atoms with E-state index in [1.807, 2.05) is 39.0 Å². The van der Waals surface area contributed by atoms with Crippen molar-refractivity contribution >= 4 is 28.4 Å². The zero-order valence-electron chi connectivity index (χ0n) is 18.2. The Morgan fingerprint density at radius 1 is 0.938 bits per heavy atom. The van der Waals surface area contributed by atoms with Gasteiger partial charge < -0.3 is 9.88 Å². The molecule has 1 amide bonds. The monoisotopic (exact) mass is 425 g/mol. The molecule has 0 spiro atoms. The minimum atomic E-state index is -0.396. The van der Waals surface area contributed by atoms with Gasteiger partial charge in [0, 0.05) is 23.1 Å². The molecule has 2 aromatic carbocycles. The van der Waals surface area contributed by atoms with Gasteiger partial charge in [0.15, 0.2) is 5.78 Å². The van der Waals surface area contributed by atoms with Gasteiger partial charge >= 0.3 is 0 Å². The van der Waals surface area contributed by atoms with Crippen molar-refractivity contribution in [1.82, 2.24) is 9.55 Å².